The molecule has 0 atom stereocenters. The Labute approximate surface area is 196 Å². The number of nitrogens with zero attached hydrogens (tertiary/aromatic N) is 3. The van der Waals surface area contributed by atoms with E-state index in [1.165, 1.54) is 11.9 Å². The Morgan fingerprint density at radius 1 is 1.03 bits per heavy atom. The molecule has 164 valence electrons. The Balaban J connectivity index is 0.00000320. The molecule has 1 N–H and O–H groups in total. The van der Waals surface area contributed by atoms with Gasteiger partial charge >= 0.3 is 0 Å². The van der Waals surface area contributed by atoms with E-state index in [0.29, 0.717) is 11.4 Å². The summed E-state index contributed by atoms with van der Waals surface area (Å²) in [5.74, 6) is 1.72. The summed E-state index contributed by atoms with van der Waals surface area (Å²) >= 11 is 0. The van der Waals surface area contributed by atoms with Crippen molar-refractivity contribution in [2.24, 2.45) is 4.99 Å². The van der Waals surface area contributed by atoms with Gasteiger partial charge in [-0.25, -0.2) is 8.42 Å². The molecule has 1 fully saturated rings. The summed E-state index contributed by atoms with van der Waals surface area (Å²) in [7, 11) is 0.287. The quantitative estimate of drug-likeness (QED) is 0.355. The fraction of sp³-hybridized carbons (Fsp3) is 0.381. The Hall–Kier alpha value is -2.01. The number of hydrogen-bond acceptors (Lipinski definition) is 5. The Kier molecular flexibility index (Phi) is 8.78. The molecule has 0 aliphatic carbocycles. The minimum absolute atomic E-state index is 0. The second-order valence-electron chi connectivity index (χ2n) is 6.99. The second kappa shape index (κ2) is 10.9. The van der Waals surface area contributed by atoms with Gasteiger partial charge in [0.05, 0.1) is 12.0 Å². The van der Waals surface area contributed by atoms with E-state index in [4.69, 9.17) is 4.74 Å². The van der Waals surface area contributed by atoms with Crippen molar-refractivity contribution in [2.75, 3.05) is 51.5 Å². The van der Waals surface area contributed by atoms with Crippen molar-refractivity contribution in [2.45, 2.75) is 11.4 Å². The summed E-state index contributed by atoms with van der Waals surface area (Å²) in [6, 6.07) is 15.1. The summed E-state index contributed by atoms with van der Waals surface area (Å²) in [5.41, 5.74) is 2.20. The summed E-state index contributed by atoms with van der Waals surface area (Å²) < 4.78 is 28.4. The van der Waals surface area contributed by atoms with Crippen molar-refractivity contribution in [1.82, 2.24) is 10.2 Å². The van der Waals surface area contributed by atoms with E-state index in [-0.39, 0.29) is 24.0 Å². The van der Waals surface area contributed by atoms with Gasteiger partial charge in [-0.05, 0) is 42.0 Å². The van der Waals surface area contributed by atoms with Crippen LogP contribution in [-0.2, 0) is 16.4 Å². The highest BCUT2D eigenvalue weighted by molar-refractivity contribution is 14.0. The molecule has 0 aromatic heterocycles. The lowest BCUT2D eigenvalue weighted by Crippen LogP contribution is -2.52. The lowest BCUT2D eigenvalue weighted by molar-refractivity contribution is 0.372. The molecule has 0 unspecified atom stereocenters. The number of guanidine groups is 1. The van der Waals surface area contributed by atoms with Crippen LogP contribution in [0.1, 0.15) is 5.56 Å². The number of piperazine rings is 1. The lowest BCUT2D eigenvalue weighted by Gasteiger charge is -2.37. The molecule has 7 nitrogen and oxygen atoms in total. The molecule has 0 saturated carbocycles. The molecular formula is C21H29IN4O3S. The van der Waals surface area contributed by atoms with Crippen LogP contribution in [0.2, 0.25) is 0 Å². The molecular weight excluding hydrogens is 515 g/mol. The molecule has 2 aromatic carbocycles. The summed E-state index contributed by atoms with van der Waals surface area (Å²) in [6.07, 6.45) is 1.22. The van der Waals surface area contributed by atoms with Gasteiger partial charge in [-0.1, -0.05) is 12.1 Å². The number of hydrogen-bond donors (Lipinski definition) is 1. The number of aliphatic imine (C=N–C) groups is 1. The summed E-state index contributed by atoms with van der Waals surface area (Å²) in [4.78, 5) is 9.33. The van der Waals surface area contributed by atoms with Crippen molar-refractivity contribution >= 4 is 45.5 Å². The van der Waals surface area contributed by atoms with Gasteiger partial charge in [0, 0.05) is 51.7 Å². The minimum Gasteiger partial charge on any atom is -0.497 e. The predicted octanol–water partition coefficient (Wildman–Crippen LogP) is 2.61. The number of ether oxygens (including phenoxy) is 1. The molecule has 1 aliphatic heterocycles. The maximum Gasteiger partial charge on any atom is 0.194 e. The zero-order valence-electron chi connectivity index (χ0n) is 17.5. The van der Waals surface area contributed by atoms with Crippen molar-refractivity contribution in [3.63, 3.8) is 0 Å². The van der Waals surface area contributed by atoms with Gasteiger partial charge in [-0.15, -0.1) is 24.0 Å². The molecule has 3 rings (SSSR count). The average Bonchev–Trinajstić information content (AvgIpc) is 2.74. The van der Waals surface area contributed by atoms with E-state index in [9.17, 15) is 8.42 Å². The molecule has 2 aromatic rings. The van der Waals surface area contributed by atoms with Crippen molar-refractivity contribution in [3.05, 3.63) is 54.1 Å². The van der Waals surface area contributed by atoms with Crippen LogP contribution in [0.3, 0.4) is 0 Å². The third-order valence-electron chi connectivity index (χ3n) is 5.03. The van der Waals surface area contributed by atoms with Crippen LogP contribution in [0.4, 0.5) is 5.69 Å². The molecule has 0 bridgehead atoms. The van der Waals surface area contributed by atoms with Crippen molar-refractivity contribution < 1.29 is 13.2 Å². The van der Waals surface area contributed by atoms with E-state index in [0.717, 1.165) is 43.5 Å². The molecule has 0 spiro atoms. The highest BCUT2D eigenvalue weighted by Gasteiger charge is 2.20. The maximum atomic E-state index is 11.6. The van der Waals surface area contributed by atoms with Gasteiger partial charge in [0.15, 0.2) is 15.8 Å². The van der Waals surface area contributed by atoms with Gasteiger partial charge in [0.25, 0.3) is 0 Å². The third kappa shape index (κ3) is 6.24. The number of nitrogens with one attached hydrogen (secondary N) is 1. The van der Waals surface area contributed by atoms with Crippen molar-refractivity contribution in [1.29, 1.82) is 0 Å². The zero-order valence-corrected chi connectivity index (χ0v) is 20.7. The van der Waals surface area contributed by atoms with Crippen molar-refractivity contribution in [3.8, 4) is 5.75 Å². The summed E-state index contributed by atoms with van der Waals surface area (Å²) in [5, 5.41) is 3.37. The first-order valence-electron chi connectivity index (χ1n) is 9.54. The molecule has 0 radical (unpaired) electrons. The van der Waals surface area contributed by atoms with Crippen LogP contribution in [0.5, 0.6) is 5.75 Å². The largest absolute Gasteiger partial charge is 0.497 e. The maximum absolute atomic E-state index is 11.6. The number of anilines is 1. The van der Waals surface area contributed by atoms with Gasteiger partial charge < -0.3 is 19.9 Å². The summed E-state index contributed by atoms with van der Waals surface area (Å²) in [6.45, 7) is 4.17. The van der Waals surface area contributed by atoms with Crippen LogP contribution < -0.4 is 15.0 Å². The first-order valence-corrected chi connectivity index (χ1v) is 11.4. The standard InChI is InChI=1S/C21H28N4O3S.HI/c1-22-21(23-16-17-4-10-20(11-5-17)29(3,26)27)25-14-12-24(13-15-25)18-6-8-19(28-2)9-7-18;/h4-11H,12-16H2,1-3H3,(H,22,23);1H. The highest BCUT2D eigenvalue weighted by atomic mass is 127. The molecule has 9 heteroatoms. The fourth-order valence-corrected chi connectivity index (χ4v) is 3.97. The fourth-order valence-electron chi connectivity index (χ4n) is 3.34. The smallest absolute Gasteiger partial charge is 0.194 e. The Morgan fingerprint density at radius 2 is 1.63 bits per heavy atom. The van der Waals surface area contributed by atoms with Crippen LogP contribution in [0.25, 0.3) is 0 Å². The minimum atomic E-state index is -3.17. The number of rotatable bonds is 5. The molecule has 30 heavy (non-hydrogen) atoms. The number of halogens is 1. The third-order valence-corrected chi connectivity index (χ3v) is 6.16. The van der Waals surface area contributed by atoms with Crippen LogP contribution in [0, 0.1) is 0 Å². The number of methoxy groups -OCH3 is 1. The molecule has 1 heterocycles. The average molecular weight is 544 g/mol. The number of benzene rings is 2. The van der Waals surface area contributed by atoms with Gasteiger partial charge in [0.1, 0.15) is 5.75 Å². The predicted molar refractivity (Wildman–Crippen MR) is 132 cm³/mol. The molecule has 1 saturated heterocycles. The van der Waals surface area contributed by atoms with Gasteiger partial charge in [-0.3, -0.25) is 4.99 Å². The molecule has 1 aliphatic rings. The van der Waals surface area contributed by atoms with Gasteiger partial charge in [0.2, 0.25) is 0 Å². The first kappa shape index (κ1) is 24.3. The Bertz CT molecular complexity index is 939. The van der Waals surface area contributed by atoms with E-state index in [2.05, 4.69) is 32.2 Å². The molecule has 0 amide bonds. The Morgan fingerprint density at radius 3 is 2.13 bits per heavy atom. The van der Waals surface area contributed by atoms with E-state index in [1.807, 2.05) is 24.3 Å². The van der Waals surface area contributed by atoms with Crippen LogP contribution in [0.15, 0.2) is 58.4 Å². The van der Waals surface area contributed by atoms with Crippen LogP contribution >= 0.6 is 24.0 Å². The SMILES string of the molecule is CN=C(NCc1ccc(S(C)(=O)=O)cc1)N1CCN(c2ccc(OC)cc2)CC1.I. The highest BCUT2D eigenvalue weighted by Crippen LogP contribution is 2.20. The lowest BCUT2D eigenvalue weighted by atomic mass is 10.2. The zero-order chi connectivity index (χ0) is 20.9. The van der Waals surface area contributed by atoms with Gasteiger partial charge in [-0.2, -0.15) is 0 Å². The number of sulfone groups is 1. The monoisotopic (exact) mass is 544 g/mol. The van der Waals surface area contributed by atoms with E-state index >= 15 is 0 Å². The topological polar surface area (TPSA) is 74.2 Å². The van der Waals surface area contributed by atoms with E-state index in [1.54, 1.807) is 26.3 Å². The normalized spacial score (nSPS) is 14.8. The van der Waals surface area contributed by atoms with E-state index < -0.39 is 9.84 Å². The first-order chi connectivity index (χ1) is 13.9. The second-order valence-corrected chi connectivity index (χ2v) is 9.00. The van der Waals surface area contributed by atoms with Crippen LogP contribution in [-0.4, -0.2) is 65.9 Å².